The summed E-state index contributed by atoms with van der Waals surface area (Å²) in [6.45, 7) is 2.08. The molecule has 0 unspecified atom stereocenters. The van der Waals surface area contributed by atoms with Crippen molar-refractivity contribution in [3.05, 3.63) is 60.0 Å². The number of methoxy groups -OCH3 is 1. The van der Waals surface area contributed by atoms with E-state index in [1.54, 1.807) is 19.2 Å². The minimum absolute atomic E-state index is 0.115. The molecular weight excluding hydrogens is 366 g/mol. The number of amides is 1. The third-order valence-electron chi connectivity index (χ3n) is 3.50. The van der Waals surface area contributed by atoms with Gasteiger partial charge >= 0.3 is 0 Å². The van der Waals surface area contributed by atoms with Gasteiger partial charge in [0.25, 0.3) is 11.1 Å². The Morgan fingerprint density at radius 1 is 1.15 bits per heavy atom. The molecule has 0 radical (unpaired) electrons. The topological polar surface area (TPSA) is 86.5 Å². The summed E-state index contributed by atoms with van der Waals surface area (Å²) in [5.41, 5.74) is 1.84. The number of nitrogens with zero attached hydrogens (tertiary/aromatic N) is 2. The maximum atomic E-state index is 12.0. The van der Waals surface area contributed by atoms with Crippen LogP contribution in [0.3, 0.4) is 0 Å². The van der Waals surface area contributed by atoms with Crippen LogP contribution >= 0.6 is 11.8 Å². The van der Waals surface area contributed by atoms with Gasteiger partial charge in [0.1, 0.15) is 0 Å². The van der Waals surface area contributed by atoms with Crippen LogP contribution in [0.5, 0.6) is 11.5 Å². The quantitative estimate of drug-likeness (QED) is 0.592. The summed E-state index contributed by atoms with van der Waals surface area (Å²) in [5, 5.41) is 11.0. The van der Waals surface area contributed by atoms with E-state index in [0.717, 1.165) is 11.3 Å². The van der Waals surface area contributed by atoms with Crippen molar-refractivity contribution in [1.82, 2.24) is 10.2 Å². The third-order valence-corrected chi connectivity index (χ3v) is 4.32. The smallest absolute Gasteiger partial charge is 0.277 e. The molecule has 3 rings (SSSR count). The molecule has 2 aromatic carbocycles. The fraction of sp³-hybridized carbons (Fsp3) is 0.211. The molecule has 1 aromatic heterocycles. The first-order valence-corrected chi connectivity index (χ1v) is 9.20. The zero-order valence-electron chi connectivity index (χ0n) is 15.0. The summed E-state index contributed by atoms with van der Waals surface area (Å²) in [7, 11) is 1.57. The molecule has 0 aliphatic heterocycles. The van der Waals surface area contributed by atoms with Gasteiger partial charge in [0.05, 0.1) is 12.9 Å². The number of rotatable bonds is 8. The third kappa shape index (κ3) is 5.49. The van der Waals surface area contributed by atoms with Crippen molar-refractivity contribution in [2.75, 3.05) is 18.2 Å². The SMILES string of the molecule is COc1ccccc1OCc1nnc(SCC(=O)Nc2cccc(C)c2)o1. The van der Waals surface area contributed by atoms with E-state index in [0.29, 0.717) is 22.6 Å². The predicted octanol–water partition coefficient (Wildman–Crippen LogP) is 3.70. The second-order valence-corrected chi connectivity index (χ2v) is 6.53. The highest BCUT2D eigenvalue weighted by molar-refractivity contribution is 7.99. The second kappa shape index (κ2) is 9.09. The highest BCUT2D eigenvalue weighted by Crippen LogP contribution is 2.26. The molecule has 0 saturated carbocycles. The maximum Gasteiger partial charge on any atom is 0.277 e. The lowest BCUT2D eigenvalue weighted by molar-refractivity contribution is -0.113. The van der Waals surface area contributed by atoms with Crippen LogP contribution < -0.4 is 14.8 Å². The number of carbonyl (C=O) groups excluding carboxylic acids is 1. The van der Waals surface area contributed by atoms with E-state index >= 15 is 0 Å². The summed E-state index contributed by atoms with van der Waals surface area (Å²) in [6, 6.07) is 14.9. The van der Waals surface area contributed by atoms with Crippen molar-refractivity contribution < 1.29 is 18.7 Å². The van der Waals surface area contributed by atoms with Crippen LogP contribution in [0, 0.1) is 6.92 Å². The standard InChI is InChI=1S/C19H19N3O4S/c1-13-6-5-7-14(10-13)20-17(23)12-27-19-22-21-18(26-19)11-25-16-9-4-3-8-15(16)24-2/h3-10H,11-12H2,1-2H3,(H,20,23). The lowest BCUT2D eigenvalue weighted by Gasteiger charge is -2.07. The van der Waals surface area contributed by atoms with Gasteiger partial charge in [-0.2, -0.15) is 0 Å². The van der Waals surface area contributed by atoms with Crippen LogP contribution in [0.4, 0.5) is 5.69 Å². The van der Waals surface area contributed by atoms with Crippen LogP contribution in [0.25, 0.3) is 0 Å². The van der Waals surface area contributed by atoms with E-state index in [1.165, 1.54) is 11.8 Å². The van der Waals surface area contributed by atoms with Crippen molar-refractivity contribution >= 4 is 23.4 Å². The number of ether oxygens (including phenoxy) is 2. The van der Waals surface area contributed by atoms with Gasteiger partial charge in [-0.25, -0.2) is 0 Å². The first-order chi connectivity index (χ1) is 13.1. The van der Waals surface area contributed by atoms with E-state index in [9.17, 15) is 4.79 Å². The van der Waals surface area contributed by atoms with E-state index in [1.807, 2.05) is 43.3 Å². The summed E-state index contributed by atoms with van der Waals surface area (Å²) in [5.74, 6) is 1.56. The number of carbonyl (C=O) groups is 1. The molecule has 0 fully saturated rings. The monoisotopic (exact) mass is 385 g/mol. The zero-order chi connectivity index (χ0) is 19.1. The average molecular weight is 385 g/mol. The molecule has 0 saturated heterocycles. The molecule has 0 aliphatic rings. The summed E-state index contributed by atoms with van der Waals surface area (Å²) in [4.78, 5) is 12.0. The highest BCUT2D eigenvalue weighted by Gasteiger charge is 2.11. The number of para-hydroxylation sites is 2. The van der Waals surface area contributed by atoms with E-state index < -0.39 is 0 Å². The number of hydrogen-bond acceptors (Lipinski definition) is 7. The first-order valence-electron chi connectivity index (χ1n) is 8.21. The van der Waals surface area contributed by atoms with Crippen LogP contribution in [-0.4, -0.2) is 29.0 Å². The molecule has 3 aromatic rings. The first kappa shape index (κ1) is 18.8. The van der Waals surface area contributed by atoms with Crippen molar-refractivity contribution in [2.45, 2.75) is 18.8 Å². The van der Waals surface area contributed by atoms with Gasteiger partial charge in [0, 0.05) is 5.69 Å². The van der Waals surface area contributed by atoms with Gasteiger partial charge in [-0.05, 0) is 36.8 Å². The number of benzene rings is 2. The van der Waals surface area contributed by atoms with Crippen molar-refractivity contribution in [3.63, 3.8) is 0 Å². The number of anilines is 1. The Hall–Kier alpha value is -3.00. The summed E-state index contributed by atoms with van der Waals surface area (Å²) < 4.78 is 16.3. The van der Waals surface area contributed by atoms with Crippen LogP contribution in [0.1, 0.15) is 11.5 Å². The van der Waals surface area contributed by atoms with Crippen molar-refractivity contribution in [1.29, 1.82) is 0 Å². The Labute approximate surface area is 161 Å². The normalized spacial score (nSPS) is 10.4. The molecule has 7 nitrogen and oxygen atoms in total. The average Bonchev–Trinajstić information content (AvgIpc) is 3.13. The number of aromatic nitrogens is 2. The molecule has 0 aliphatic carbocycles. The number of nitrogens with one attached hydrogen (secondary N) is 1. The number of thioether (sulfide) groups is 1. The minimum Gasteiger partial charge on any atom is -0.493 e. The fourth-order valence-corrected chi connectivity index (χ4v) is 2.86. The minimum atomic E-state index is -0.143. The second-order valence-electron chi connectivity index (χ2n) is 5.61. The maximum absolute atomic E-state index is 12.0. The molecular formula is C19H19N3O4S. The number of hydrogen-bond donors (Lipinski definition) is 1. The highest BCUT2D eigenvalue weighted by atomic mass is 32.2. The molecule has 27 heavy (non-hydrogen) atoms. The van der Waals surface area contributed by atoms with Crippen LogP contribution in [-0.2, 0) is 11.4 Å². The van der Waals surface area contributed by atoms with E-state index in [2.05, 4.69) is 15.5 Å². The molecule has 0 spiro atoms. The largest absolute Gasteiger partial charge is 0.493 e. The van der Waals surface area contributed by atoms with Crippen LogP contribution in [0.15, 0.2) is 58.2 Å². The van der Waals surface area contributed by atoms with Gasteiger partial charge in [-0.15, -0.1) is 10.2 Å². The van der Waals surface area contributed by atoms with Gasteiger partial charge in [0.15, 0.2) is 18.1 Å². The van der Waals surface area contributed by atoms with Crippen LogP contribution in [0.2, 0.25) is 0 Å². The van der Waals surface area contributed by atoms with E-state index in [-0.39, 0.29) is 18.3 Å². The van der Waals surface area contributed by atoms with Gasteiger partial charge in [-0.1, -0.05) is 36.0 Å². The molecule has 140 valence electrons. The molecule has 0 bridgehead atoms. The Balaban J connectivity index is 1.48. The van der Waals surface area contributed by atoms with Crippen molar-refractivity contribution in [3.8, 4) is 11.5 Å². The molecule has 8 heteroatoms. The molecule has 1 N–H and O–H groups in total. The Kier molecular flexibility index (Phi) is 6.32. The molecule has 0 atom stereocenters. The summed E-state index contributed by atoms with van der Waals surface area (Å²) >= 11 is 1.17. The molecule has 1 heterocycles. The Morgan fingerprint density at radius 2 is 1.96 bits per heavy atom. The van der Waals surface area contributed by atoms with Crippen molar-refractivity contribution in [2.24, 2.45) is 0 Å². The Bertz CT molecular complexity index is 913. The zero-order valence-corrected chi connectivity index (χ0v) is 15.8. The fourth-order valence-electron chi connectivity index (χ4n) is 2.28. The van der Waals surface area contributed by atoms with Gasteiger partial charge in [0.2, 0.25) is 5.91 Å². The van der Waals surface area contributed by atoms with Gasteiger partial charge < -0.3 is 19.2 Å². The van der Waals surface area contributed by atoms with E-state index in [4.69, 9.17) is 13.9 Å². The molecule has 1 amide bonds. The Morgan fingerprint density at radius 3 is 2.74 bits per heavy atom. The predicted molar refractivity (Wildman–Crippen MR) is 102 cm³/mol. The number of aryl methyl sites for hydroxylation is 1. The lowest BCUT2D eigenvalue weighted by Crippen LogP contribution is -2.13. The van der Waals surface area contributed by atoms with Gasteiger partial charge in [-0.3, -0.25) is 4.79 Å². The lowest BCUT2D eigenvalue weighted by atomic mass is 10.2. The summed E-state index contributed by atoms with van der Waals surface area (Å²) in [6.07, 6.45) is 0.